The quantitative estimate of drug-likeness (QED) is 0.886. The number of hydrogen-bond donors (Lipinski definition) is 2. The number of hydrogen-bond acceptors (Lipinski definition) is 2. The van der Waals surface area contributed by atoms with Crippen LogP contribution < -0.4 is 10.6 Å². The monoisotopic (exact) mass is 278 g/mol. The van der Waals surface area contributed by atoms with E-state index in [1.54, 1.807) is 32.0 Å². The Balaban J connectivity index is 1.98. The van der Waals surface area contributed by atoms with Crippen molar-refractivity contribution in [1.82, 2.24) is 10.6 Å². The molecule has 1 aromatic carbocycles. The second kappa shape index (κ2) is 6.35. The third-order valence-electron chi connectivity index (χ3n) is 4.07. The van der Waals surface area contributed by atoms with Gasteiger partial charge in [-0.15, -0.1) is 0 Å². The van der Waals surface area contributed by atoms with Gasteiger partial charge in [-0.25, -0.2) is 4.39 Å². The fourth-order valence-corrected chi connectivity index (χ4v) is 2.65. The van der Waals surface area contributed by atoms with Gasteiger partial charge in [0, 0.05) is 12.1 Å². The molecule has 1 aliphatic rings. The molecule has 1 unspecified atom stereocenters. The van der Waals surface area contributed by atoms with Crippen LogP contribution in [0.25, 0.3) is 0 Å². The molecule has 20 heavy (non-hydrogen) atoms. The van der Waals surface area contributed by atoms with Crippen molar-refractivity contribution in [3.8, 4) is 0 Å². The molecule has 0 saturated carbocycles. The van der Waals surface area contributed by atoms with Gasteiger partial charge in [0.05, 0.1) is 5.41 Å². The molecule has 1 atom stereocenters. The first-order valence-electron chi connectivity index (χ1n) is 7.26. The maximum absolute atomic E-state index is 13.9. The summed E-state index contributed by atoms with van der Waals surface area (Å²) in [5, 5.41) is 6.30. The molecule has 1 heterocycles. The molecular formula is C16H23FN2O. The molecule has 1 aromatic rings. The normalized spacial score (nSPS) is 19.6. The van der Waals surface area contributed by atoms with Crippen LogP contribution in [0.5, 0.6) is 0 Å². The minimum absolute atomic E-state index is 0.117. The lowest BCUT2D eigenvalue weighted by atomic mass is 9.83. The van der Waals surface area contributed by atoms with Crippen molar-refractivity contribution in [1.29, 1.82) is 0 Å². The average molecular weight is 278 g/mol. The summed E-state index contributed by atoms with van der Waals surface area (Å²) in [4.78, 5) is 12.4. The minimum atomic E-state index is -0.854. The SMILES string of the molecule is CC(C)(C(=O)NCC1CCCNC1)c1ccccc1F. The molecule has 0 aromatic heterocycles. The number of nitrogens with one attached hydrogen (secondary N) is 2. The summed E-state index contributed by atoms with van der Waals surface area (Å²) in [6.07, 6.45) is 2.28. The smallest absolute Gasteiger partial charge is 0.230 e. The van der Waals surface area contributed by atoms with Crippen molar-refractivity contribution in [2.24, 2.45) is 5.92 Å². The molecule has 1 aliphatic heterocycles. The van der Waals surface area contributed by atoms with Crippen LogP contribution in [0.3, 0.4) is 0 Å². The van der Waals surface area contributed by atoms with Gasteiger partial charge in [-0.1, -0.05) is 18.2 Å². The van der Waals surface area contributed by atoms with E-state index in [0.29, 0.717) is 18.0 Å². The first kappa shape index (κ1) is 15.0. The van der Waals surface area contributed by atoms with E-state index in [4.69, 9.17) is 0 Å². The highest BCUT2D eigenvalue weighted by Crippen LogP contribution is 2.26. The second-order valence-corrected chi connectivity index (χ2v) is 6.03. The van der Waals surface area contributed by atoms with Gasteiger partial charge in [0.2, 0.25) is 5.91 Å². The number of benzene rings is 1. The van der Waals surface area contributed by atoms with Gasteiger partial charge in [0.1, 0.15) is 5.82 Å². The number of carbonyl (C=O) groups excluding carboxylic acids is 1. The summed E-state index contributed by atoms with van der Waals surface area (Å²) in [6, 6.07) is 6.48. The molecule has 0 radical (unpaired) electrons. The van der Waals surface area contributed by atoms with Gasteiger partial charge < -0.3 is 10.6 Å². The van der Waals surface area contributed by atoms with Gasteiger partial charge in [-0.05, 0) is 51.8 Å². The average Bonchev–Trinajstić information content (AvgIpc) is 2.46. The van der Waals surface area contributed by atoms with E-state index in [2.05, 4.69) is 10.6 Å². The number of piperidine rings is 1. The van der Waals surface area contributed by atoms with Gasteiger partial charge in [0.25, 0.3) is 0 Å². The Morgan fingerprint density at radius 3 is 2.85 bits per heavy atom. The number of amides is 1. The van der Waals surface area contributed by atoms with Crippen LogP contribution in [0.4, 0.5) is 4.39 Å². The topological polar surface area (TPSA) is 41.1 Å². The lowest BCUT2D eigenvalue weighted by Crippen LogP contribution is -2.44. The molecule has 0 aliphatic carbocycles. The van der Waals surface area contributed by atoms with Gasteiger partial charge in [-0.2, -0.15) is 0 Å². The summed E-state index contributed by atoms with van der Waals surface area (Å²) in [5.41, 5.74) is -0.410. The van der Waals surface area contributed by atoms with Crippen LogP contribution in [0.1, 0.15) is 32.3 Å². The molecular weight excluding hydrogens is 255 g/mol. The van der Waals surface area contributed by atoms with Crippen LogP contribution in [0.2, 0.25) is 0 Å². The lowest BCUT2D eigenvalue weighted by molar-refractivity contribution is -0.126. The van der Waals surface area contributed by atoms with E-state index < -0.39 is 5.41 Å². The molecule has 1 fully saturated rings. The van der Waals surface area contributed by atoms with E-state index in [9.17, 15) is 9.18 Å². The van der Waals surface area contributed by atoms with Crippen LogP contribution >= 0.6 is 0 Å². The number of halogens is 1. The zero-order chi connectivity index (χ0) is 14.6. The van der Waals surface area contributed by atoms with Gasteiger partial charge in [0.15, 0.2) is 0 Å². The van der Waals surface area contributed by atoms with Gasteiger partial charge >= 0.3 is 0 Å². The van der Waals surface area contributed by atoms with E-state index in [1.807, 2.05) is 0 Å². The standard InChI is InChI=1S/C16H23FN2O/c1-16(2,13-7-3-4-8-14(13)17)15(20)19-11-12-6-5-9-18-10-12/h3-4,7-8,12,18H,5-6,9-11H2,1-2H3,(H,19,20). The summed E-state index contributed by atoms with van der Waals surface area (Å²) < 4.78 is 13.9. The predicted molar refractivity (Wildman–Crippen MR) is 78.0 cm³/mol. The van der Waals surface area contributed by atoms with Crippen LogP contribution in [0.15, 0.2) is 24.3 Å². The van der Waals surface area contributed by atoms with Crippen molar-refractivity contribution in [3.05, 3.63) is 35.6 Å². The summed E-state index contributed by atoms with van der Waals surface area (Å²) in [6.45, 7) is 6.19. The first-order chi connectivity index (χ1) is 9.51. The number of carbonyl (C=O) groups is 1. The van der Waals surface area contributed by atoms with Crippen molar-refractivity contribution in [2.75, 3.05) is 19.6 Å². The molecule has 0 spiro atoms. The Hall–Kier alpha value is -1.42. The van der Waals surface area contributed by atoms with Crippen molar-refractivity contribution in [2.45, 2.75) is 32.1 Å². The van der Waals surface area contributed by atoms with Crippen molar-refractivity contribution < 1.29 is 9.18 Å². The molecule has 1 amide bonds. The molecule has 1 saturated heterocycles. The molecule has 3 nitrogen and oxygen atoms in total. The van der Waals surface area contributed by atoms with Crippen molar-refractivity contribution in [3.63, 3.8) is 0 Å². The third-order valence-corrected chi connectivity index (χ3v) is 4.07. The zero-order valence-electron chi connectivity index (χ0n) is 12.2. The van der Waals surface area contributed by atoms with Gasteiger partial charge in [-0.3, -0.25) is 4.79 Å². The molecule has 4 heteroatoms. The highest BCUT2D eigenvalue weighted by atomic mass is 19.1. The van der Waals surface area contributed by atoms with Crippen LogP contribution in [-0.2, 0) is 10.2 Å². The maximum atomic E-state index is 13.9. The number of rotatable bonds is 4. The maximum Gasteiger partial charge on any atom is 0.230 e. The lowest BCUT2D eigenvalue weighted by Gasteiger charge is -2.28. The van der Waals surface area contributed by atoms with E-state index in [-0.39, 0.29) is 11.7 Å². The van der Waals surface area contributed by atoms with Crippen LogP contribution in [-0.4, -0.2) is 25.5 Å². The van der Waals surface area contributed by atoms with Crippen LogP contribution in [0, 0.1) is 11.7 Å². The predicted octanol–water partition coefficient (Wildman–Crippen LogP) is 2.22. The first-order valence-corrected chi connectivity index (χ1v) is 7.26. The Morgan fingerprint density at radius 2 is 2.20 bits per heavy atom. The summed E-state index contributed by atoms with van der Waals surface area (Å²) >= 11 is 0. The van der Waals surface area contributed by atoms with Crippen molar-refractivity contribution >= 4 is 5.91 Å². The fourth-order valence-electron chi connectivity index (χ4n) is 2.65. The summed E-state index contributed by atoms with van der Waals surface area (Å²) in [7, 11) is 0. The molecule has 0 bridgehead atoms. The van der Waals surface area contributed by atoms with E-state index in [1.165, 1.54) is 6.07 Å². The Kier molecular flexibility index (Phi) is 4.76. The Labute approximate surface area is 120 Å². The summed E-state index contributed by atoms with van der Waals surface area (Å²) in [5.74, 6) is 0.0317. The Morgan fingerprint density at radius 1 is 1.45 bits per heavy atom. The highest BCUT2D eigenvalue weighted by Gasteiger charge is 2.32. The van der Waals surface area contributed by atoms with E-state index in [0.717, 1.165) is 25.9 Å². The largest absolute Gasteiger partial charge is 0.355 e. The second-order valence-electron chi connectivity index (χ2n) is 6.03. The minimum Gasteiger partial charge on any atom is -0.355 e. The zero-order valence-corrected chi connectivity index (χ0v) is 12.2. The Bertz CT molecular complexity index is 467. The third kappa shape index (κ3) is 3.37. The molecule has 2 N–H and O–H groups in total. The van der Waals surface area contributed by atoms with E-state index >= 15 is 0 Å². The highest BCUT2D eigenvalue weighted by molar-refractivity contribution is 5.87. The molecule has 110 valence electrons. The molecule has 2 rings (SSSR count). The fraction of sp³-hybridized carbons (Fsp3) is 0.562.